The van der Waals surface area contributed by atoms with Crippen LogP contribution in [0.25, 0.3) is 0 Å². The quantitative estimate of drug-likeness (QED) is 0.781. The van der Waals surface area contributed by atoms with Gasteiger partial charge in [0.2, 0.25) is 0 Å². The molecule has 66 valence electrons. The van der Waals surface area contributed by atoms with Crippen LogP contribution in [0.15, 0.2) is 5.51 Å². The maximum atomic E-state index is 5.78. The normalized spacial score (nSPS) is 29.4. The van der Waals surface area contributed by atoms with Gasteiger partial charge in [-0.2, -0.15) is 0 Å². The average Bonchev–Trinajstić information content (AvgIpc) is 2.76. The minimum absolute atomic E-state index is 0.0984. The molecule has 1 aliphatic heterocycles. The van der Waals surface area contributed by atoms with Crippen LogP contribution < -0.4 is 5.73 Å². The van der Waals surface area contributed by atoms with Crippen molar-refractivity contribution in [3.05, 3.63) is 10.5 Å². The van der Waals surface area contributed by atoms with Gasteiger partial charge in [0.05, 0.1) is 4.75 Å². The Morgan fingerprint density at radius 2 is 2.58 bits per heavy atom. The van der Waals surface area contributed by atoms with Crippen molar-refractivity contribution in [2.75, 3.05) is 12.3 Å². The third kappa shape index (κ3) is 1.26. The van der Waals surface area contributed by atoms with Gasteiger partial charge in [-0.1, -0.05) is 0 Å². The average molecular weight is 201 g/mol. The van der Waals surface area contributed by atoms with Gasteiger partial charge in [-0.05, 0) is 18.6 Å². The van der Waals surface area contributed by atoms with Crippen molar-refractivity contribution in [3.63, 3.8) is 0 Å². The first-order valence-corrected chi connectivity index (χ1v) is 5.85. The lowest BCUT2D eigenvalue weighted by Crippen LogP contribution is -2.28. The number of aromatic nitrogens is 2. The number of nitrogens with zero attached hydrogens (tertiary/aromatic N) is 2. The van der Waals surface area contributed by atoms with Crippen molar-refractivity contribution in [1.82, 2.24) is 10.2 Å². The molecule has 0 saturated carbocycles. The number of nitrogens with two attached hydrogens (primary N) is 1. The van der Waals surface area contributed by atoms with E-state index >= 15 is 0 Å². The van der Waals surface area contributed by atoms with Crippen molar-refractivity contribution < 1.29 is 0 Å². The Kier molecular flexibility index (Phi) is 2.34. The fourth-order valence-electron chi connectivity index (χ4n) is 1.49. The van der Waals surface area contributed by atoms with Gasteiger partial charge in [0.1, 0.15) is 10.5 Å². The molecule has 3 nitrogen and oxygen atoms in total. The first-order chi connectivity index (χ1) is 5.87. The van der Waals surface area contributed by atoms with Crippen LogP contribution in [0.5, 0.6) is 0 Å². The molecule has 1 saturated heterocycles. The highest BCUT2D eigenvalue weighted by atomic mass is 32.2. The van der Waals surface area contributed by atoms with Gasteiger partial charge in [0, 0.05) is 6.54 Å². The van der Waals surface area contributed by atoms with E-state index in [0.29, 0.717) is 6.54 Å². The Bertz CT molecular complexity index is 241. The van der Waals surface area contributed by atoms with Crippen LogP contribution in [0.3, 0.4) is 0 Å². The van der Waals surface area contributed by atoms with Crippen LogP contribution in [-0.4, -0.2) is 22.5 Å². The molecule has 0 aromatic carbocycles. The molecule has 1 aromatic heterocycles. The van der Waals surface area contributed by atoms with E-state index in [1.165, 1.54) is 12.2 Å². The first-order valence-electron chi connectivity index (χ1n) is 3.98. The second-order valence-electron chi connectivity index (χ2n) is 2.89. The van der Waals surface area contributed by atoms with Crippen LogP contribution >= 0.6 is 23.1 Å². The maximum Gasteiger partial charge on any atom is 0.134 e. The predicted octanol–water partition coefficient (Wildman–Crippen LogP) is 1.22. The highest BCUT2D eigenvalue weighted by molar-refractivity contribution is 8.00. The van der Waals surface area contributed by atoms with Crippen molar-refractivity contribution in [2.24, 2.45) is 5.73 Å². The minimum atomic E-state index is 0.0984. The molecule has 1 fully saturated rings. The van der Waals surface area contributed by atoms with Gasteiger partial charge >= 0.3 is 0 Å². The van der Waals surface area contributed by atoms with Gasteiger partial charge in [-0.15, -0.1) is 33.3 Å². The number of hydrogen-bond donors (Lipinski definition) is 1. The van der Waals surface area contributed by atoms with Gasteiger partial charge < -0.3 is 5.73 Å². The molecule has 0 spiro atoms. The lowest BCUT2D eigenvalue weighted by molar-refractivity contribution is 0.590. The molecule has 0 amide bonds. The summed E-state index contributed by atoms with van der Waals surface area (Å²) >= 11 is 3.55. The summed E-state index contributed by atoms with van der Waals surface area (Å²) in [5, 5.41) is 9.07. The molecule has 2 heterocycles. The van der Waals surface area contributed by atoms with Crippen molar-refractivity contribution in [2.45, 2.75) is 17.6 Å². The molecule has 2 rings (SSSR count). The van der Waals surface area contributed by atoms with Gasteiger partial charge in [0.25, 0.3) is 0 Å². The summed E-state index contributed by atoms with van der Waals surface area (Å²) in [6, 6.07) is 0. The summed E-state index contributed by atoms with van der Waals surface area (Å²) in [6.07, 6.45) is 2.41. The van der Waals surface area contributed by atoms with Crippen LogP contribution in [-0.2, 0) is 4.75 Å². The zero-order valence-corrected chi connectivity index (χ0v) is 8.33. The first kappa shape index (κ1) is 8.47. The maximum absolute atomic E-state index is 5.78. The second-order valence-corrected chi connectivity index (χ2v) is 5.21. The Morgan fingerprint density at radius 3 is 3.08 bits per heavy atom. The van der Waals surface area contributed by atoms with Gasteiger partial charge in [0.15, 0.2) is 0 Å². The minimum Gasteiger partial charge on any atom is -0.329 e. The molecule has 0 bridgehead atoms. The van der Waals surface area contributed by atoms with E-state index in [-0.39, 0.29) is 4.75 Å². The van der Waals surface area contributed by atoms with Crippen molar-refractivity contribution >= 4 is 23.1 Å². The highest BCUT2D eigenvalue weighted by Crippen LogP contribution is 2.46. The fourth-order valence-corrected chi connectivity index (χ4v) is 3.75. The van der Waals surface area contributed by atoms with E-state index < -0.39 is 0 Å². The Morgan fingerprint density at radius 1 is 1.67 bits per heavy atom. The lowest BCUT2D eigenvalue weighted by Gasteiger charge is -2.22. The molecule has 1 aliphatic rings. The van der Waals surface area contributed by atoms with Crippen LogP contribution in [0.4, 0.5) is 0 Å². The molecule has 0 radical (unpaired) electrons. The van der Waals surface area contributed by atoms with Crippen molar-refractivity contribution in [3.8, 4) is 0 Å². The third-order valence-electron chi connectivity index (χ3n) is 2.18. The second kappa shape index (κ2) is 3.32. The molecular weight excluding hydrogens is 190 g/mol. The molecule has 1 unspecified atom stereocenters. The van der Waals surface area contributed by atoms with Crippen LogP contribution in [0.2, 0.25) is 0 Å². The van der Waals surface area contributed by atoms with E-state index in [2.05, 4.69) is 10.2 Å². The van der Waals surface area contributed by atoms with E-state index in [0.717, 1.165) is 11.4 Å². The summed E-state index contributed by atoms with van der Waals surface area (Å²) in [5.41, 5.74) is 7.56. The predicted molar refractivity (Wildman–Crippen MR) is 52.3 cm³/mol. The topological polar surface area (TPSA) is 51.8 Å². The monoisotopic (exact) mass is 201 g/mol. The van der Waals surface area contributed by atoms with Crippen molar-refractivity contribution in [1.29, 1.82) is 0 Å². The molecule has 0 aliphatic carbocycles. The largest absolute Gasteiger partial charge is 0.329 e. The number of thioether (sulfide) groups is 1. The Labute approximate surface area is 79.8 Å². The standard InChI is InChI=1S/C7H11N3S2/c8-4-7(2-1-3-12-7)6-10-9-5-11-6/h5H,1-4,8H2. The summed E-state index contributed by atoms with van der Waals surface area (Å²) in [4.78, 5) is 0. The van der Waals surface area contributed by atoms with Gasteiger partial charge in [-0.3, -0.25) is 0 Å². The highest BCUT2D eigenvalue weighted by Gasteiger charge is 2.37. The zero-order chi connectivity index (χ0) is 8.44. The smallest absolute Gasteiger partial charge is 0.134 e. The fraction of sp³-hybridized carbons (Fsp3) is 0.714. The Hall–Kier alpha value is -0.130. The molecular formula is C7H11N3S2. The van der Waals surface area contributed by atoms with Crippen LogP contribution in [0.1, 0.15) is 17.8 Å². The van der Waals surface area contributed by atoms with E-state index in [9.17, 15) is 0 Å². The SMILES string of the molecule is NCC1(c2nncs2)CCCS1. The summed E-state index contributed by atoms with van der Waals surface area (Å²) in [6.45, 7) is 0.687. The van der Waals surface area contributed by atoms with Crippen LogP contribution in [0, 0.1) is 0 Å². The number of hydrogen-bond acceptors (Lipinski definition) is 5. The lowest BCUT2D eigenvalue weighted by atomic mass is 10.0. The molecule has 5 heteroatoms. The van der Waals surface area contributed by atoms with E-state index in [4.69, 9.17) is 5.73 Å². The molecule has 12 heavy (non-hydrogen) atoms. The van der Waals surface area contributed by atoms with E-state index in [1.54, 1.807) is 16.8 Å². The zero-order valence-electron chi connectivity index (χ0n) is 6.69. The third-order valence-corrected chi connectivity index (χ3v) is 4.82. The molecule has 1 atom stereocenters. The molecule has 1 aromatic rings. The van der Waals surface area contributed by atoms with E-state index in [1.807, 2.05) is 11.8 Å². The summed E-state index contributed by atoms with van der Waals surface area (Å²) in [7, 11) is 0. The Balaban J connectivity index is 2.28. The van der Waals surface area contributed by atoms with Gasteiger partial charge in [-0.25, -0.2) is 0 Å². The summed E-state index contributed by atoms with van der Waals surface area (Å²) < 4.78 is 0.0984. The summed E-state index contributed by atoms with van der Waals surface area (Å²) in [5.74, 6) is 1.21. The molecule has 2 N–H and O–H groups in total. The number of rotatable bonds is 2.